The summed E-state index contributed by atoms with van der Waals surface area (Å²) in [7, 11) is 0. The number of halogens is 2. The Hall–Kier alpha value is 0.430. The first-order valence-electron chi connectivity index (χ1n) is 4.82. The lowest BCUT2D eigenvalue weighted by molar-refractivity contribution is 0.241. The Balaban J connectivity index is 1.80. The van der Waals surface area contributed by atoms with Crippen LogP contribution in [0.15, 0.2) is 10.5 Å². The van der Waals surface area contributed by atoms with Gasteiger partial charge in [0.1, 0.15) is 4.34 Å². The Morgan fingerprint density at radius 2 is 2.36 bits per heavy atom. The van der Waals surface area contributed by atoms with Gasteiger partial charge in [0.15, 0.2) is 0 Å². The molecule has 4 heteroatoms. The molecule has 0 saturated heterocycles. The zero-order chi connectivity index (χ0) is 10.1. The number of rotatable bonds is 3. The van der Waals surface area contributed by atoms with Gasteiger partial charge >= 0.3 is 0 Å². The minimum absolute atomic E-state index is 0.727. The van der Waals surface area contributed by atoms with Crippen molar-refractivity contribution in [1.82, 2.24) is 5.32 Å². The fourth-order valence-corrected chi connectivity index (χ4v) is 3.53. The second-order valence-electron chi connectivity index (χ2n) is 3.99. The normalized spacial score (nSPS) is 26.2. The number of hydrogen-bond acceptors (Lipinski definition) is 2. The third kappa shape index (κ3) is 2.51. The highest BCUT2D eigenvalue weighted by atomic mass is 79.9. The predicted octanol–water partition coefficient (Wildman–Crippen LogP) is 4.05. The van der Waals surface area contributed by atoms with Gasteiger partial charge in [-0.1, -0.05) is 18.5 Å². The quantitative estimate of drug-likeness (QED) is 0.887. The van der Waals surface area contributed by atoms with Gasteiger partial charge in [0, 0.05) is 21.9 Å². The molecule has 1 aliphatic rings. The second-order valence-corrected chi connectivity index (χ2v) is 6.58. The van der Waals surface area contributed by atoms with E-state index in [1.54, 1.807) is 11.3 Å². The van der Waals surface area contributed by atoms with E-state index in [-0.39, 0.29) is 0 Å². The Labute approximate surface area is 102 Å². The minimum Gasteiger partial charge on any atom is -0.309 e. The molecule has 1 heterocycles. The van der Waals surface area contributed by atoms with Crippen molar-refractivity contribution >= 4 is 38.9 Å². The minimum atomic E-state index is 0.727. The van der Waals surface area contributed by atoms with E-state index in [9.17, 15) is 0 Å². The molecule has 2 rings (SSSR count). The maximum absolute atomic E-state index is 5.96. The number of nitrogens with one attached hydrogen (secondary N) is 1. The summed E-state index contributed by atoms with van der Waals surface area (Å²) in [5.74, 6) is 0.908. The third-order valence-electron chi connectivity index (χ3n) is 2.63. The predicted molar refractivity (Wildman–Crippen MR) is 66.1 cm³/mol. The fraction of sp³-hybridized carbons (Fsp3) is 0.600. The van der Waals surface area contributed by atoms with Crippen LogP contribution in [-0.4, -0.2) is 6.04 Å². The van der Waals surface area contributed by atoms with Crippen molar-refractivity contribution in [1.29, 1.82) is 0 Å². The van der Waals surface area contributed by atoms with Crippen LogP contribution in [0.25, 0.3) is 0 Å². The van der Waals surface area contributed by atoms with Crippen LogP contribution >= 0.6 is 38.9 Å². The van der Waals surface area contributed by atoms with Gasteiger partial charge in [-0.2, -0.15) is 0 Å². The molecule has 0 aromatic carbocycles. The second kappa shape index (κ2) is 4.52. The molecule has 0 atom stereocenters. The van der Waals surface area contributed by atoms with Gasteiger partial charge in [0.25, 0.3) is 0 Å². The lowest BCUT2D eigenvalue weighted by Gasteiger charge is -2.33. The highest BCUT2D eigenvalue weighted by molar-refractivity contribution is 9.10. The van der Waals surface area contributed by atoms with Crippen LogP contribution in [0.1, 0.15) is 24.6 Å². The van der Waals surface area contributed by atoms with Crippen molar-refractivity contribution < 1.29 is 0 Å². The molecular weight excluding hydrogens is 282 g/mol. The van der Waals surface area contributed by atoms with Gasteiger partial charge < -0.3 is 5.32 Å². The van der Waals surface area contributed by atoms with Crippen LogP contribution < -0.4 is 5.32 Å². The molecule has 0 aliphatic heterocycles. The van der Waals surface area contributed by atoms with Gasteiger partial charge in [-0.05, 0) is 40.8 Å². The first kappa shape index (κ1) is 10.9. The van der Waals surface area contributed by atoms with Crippen LogP contribution in [0, 0.1) is 5.92 Å². The zero-order valence-electron chi connectivity index (χ0n) is 8.02. The highest BCUT2D eigenvalue weighted by Gasteiger charge is 2.24. The maximum atomic E-state index is 5.96. The average molecular weight is 295 g/mol. The molecule has 0 radical (unpaired) electrons. The van der Waals surface area contributed by atoms with Crippen LogP contribution in [0.2, 0.25) is 4.34 Å². The van der Waals surface area contributed by atoms with Crippen LogP contribution in [-0.2, 0) is 6.54 Å². The van der Waals surface area contributed by atoms with E-state index in [1.165, 1.54) is 17.7 Å². The Kier molecular flexibility index (Phi) is 3.53. The van der Waals surface area contributed by atoms with E-state index in [0.717, 1.165) is 27.3 Å². The Bertz CT molecular complexity index is 300. The summed E-state index contributed by atoms with van der Waals surface area (Å²) in [5.41, 5.74) is 0. The van der Waals surface area contributed by atoms with Crippen LogP contribution in [0.4, 0.5) is 0 Å². The van der Waals surface area contributed by atoms with Crippen molar-refractivity contribution in [2.45, 2.75) is 32.4 Å². The molecule has 0 unspecified atom stereocenters. The van der Waals surface area contributed by atoms with Crippen LogP contribution in [0.5, 0.6) is 0 Å². The molecule has 1 aliphatic carbocycles. The fourth-order valence-electron chi connectivity index (χ4n) is 1.79. The molecule has 0 amide bonds. The molecule has 1 aromatic heterocycles. The summed E-state index contributed by atoms with van der Waals surface area (Å²) in [5, 5.41) is 3.54. The van der Waals surface area contributed by atoms with Crippen LogP contribution in [0.3, 0.4) is 0 Å². The number of hydrogen-bond donors (Lipinski definition) is 1. The van der Waals surface area contributed by atoms with E-state index in [2.05, 4.69) is 34.2 Å². The van der Waals surface area contributed by atoms with Crippen molar-refractivity contribution in [2.24, 2.45) is 5.92 Å². The van der Waals surface area contributed by atoms with E-state index in [1.807, 2.05) is 0 Å². The lowest BCUT2D eigenvalue weighted by atomic mass is 9.82. The van der Waals surface area contributed by atoms with E-state index < -0.39 is 0 Å². The van der Waals surface area contributed by atoms with Gasteiger partial charge in [0.05, 0.1) is 0 Å². The van der Waals surface area contributed by atoms with E-state index >= 15 is 0 Å². The summed E-state index contributed by atoms with van der Waals surface area (Å²) in [6, 6.07) is 2.83. The molecule has 78 valence electrons. The summed E-state index contributed by atoms with van der Waals surface area (Å²) in [4.78, 5) is 1.31. The van der Waals surface area contributed by atoms with Gasteiger partial charge in [-0.3, -0.25) is 0 Å². The van der Waals surface area contributed by atoms with Gasteiger partial charge in [-0.25, -0.2) is 0 Å². The molecule has 1 saturated carbocycles. The Morgan fingerprint density at radius 1 is 1.64 bits per heavy atom. The Morgan fingerprint density at radius 3 is 2.86 bits per heavy atom. The average Bonchev–Trinajstić information content (AvgIpc) is 2.39. The summed E-state index contributed by atoms with van der Waals surface area (Å²) in [6.07, 6.45) is 2.64. The largest absolute Gasteiger partial charge is 0.309 e. The van der Waals surface area contributed by atoms with Crippen molar-refractivity contribution in [3.8, 4) is 0 Å². The van der Waals surface area contributed by atoms with Gasteiger partial charge in [0.2, 0.25) is 0 Å². The molecule has 1 N–H and O–H groups in total. The maximum Gasteiger partial charge on any atom is 0.107 e. The molecule has 1 nitrogen and oxygen atoms in total. The molecule has 0 spiro atoms. The smallest absolute Gasteiger partial charge is 0.107 e. The van der Waals surface area contributed by atoms with Crippen molar-refractivity contribution in [3.05, 3.63) is 19.8 Å². The molecule has 1 fully saturated rings. The lowest BCUT2D eigenvalue weighted by Crippen LogP contribution is -2.39. The monoisotopic (exact) mass is 293 g/mol. The first-order chi connectivity index (χ1) is 6.65. The van der Waals surface area contributed by atoms with Crippen molar-refractivity contribution in [3.63, 3.8) is 0 Å². The summed E-state index contributed by atoms with van der Waals surface area (Å²) < 4.78 is 1.87. The highest BCUT2D eigenvalue weighted by Crippen LogP contribution is 2.32. The van der Waals surface area contributed by atoms with E-state index in [0.29, 0.717) is 0 Å². The third-order valence-corrected chi connectivity index (χ3v) is 5.11. The first-order valence-corrected chi connectivity index (χ1v) is 6.81. The number of thiophene rings is 1. The zero-order valence-corrected chi connectivity index (χ0v) is 11.2. The summed E-state index contributed by atoms with van der Waals surface area (Å²) >= 11 is 11.0. The standard InChI is InChI=1S/C10H13BrClNS/c1-6-2-7(3-6)13-5-8-4-9(11)10(12)14-8/h4,6-7,13H,2-3,5H2,1H3. The van der Waals surface area contributed by atoms with Crippen molar-refractivity contribution in [2.75, 3.05) is 0 Å². The summed E-state index contributed by atoms with van der Waals surface area (Å²) in [6.45, 7) is 3.25. The van der Waals surface area contributed by atoms with Gasteiger partial charge in [-0.15, -0.1) is 11.3 Å². The molecular formula is C10H13BrClNS. The molecule has 0 bridgehead atoms. The van der Waals surface area contributed by atoms with E-state index in [4.69, 9.17) is 11.6 Å². The molecule has 1 aromatic rings. The molecule has 14 heavy (non-hydrogen) atoms. The SMILES string of the molecule is CC1CC(NCc2cc(Br)c(Cl)s2)C1. The topological polar surface area (TPSA) is 12.0 Å².